The lowest BCUT2D eigenvalue weighted by molar-refractivity contribution is -0.136. The molecule has 1 aromatic carbocycles. The van der Waals surface area contributed by atoms with E-state index >= 15 is 0 Å². The summed E-state index contributed by atoms with van der Waals surface area (Å²) in [5, 5.41) is 10.0. The standard InChI is InChI=1S/C15H14FNO4/c1-15(9-4-2-5-10(16)8-9)13(20)12(19)14(21-15)17-7-3-6-11(17)18/h2,4-5,8,19H,3,6-7H2,1H3. The smallest absolute Gasteiger partial charge is 0.250 e. The molecule has 110 valence electrons. The van der Waals surface area contributed by atoms with E-state index in [1.165, 1.54) is 30.0 Å². The van der Waals surface area contributed by atoms with Crippen molar-refractivity contribution in [3.8, 4) is 0 Å². The Labute approximate surface area is 120 Å². The molecule has 3 rings (SSSR count). The van der Waals surface area contributed by atoms with Crippen molar-refractivity contribution in [3.63, 3.8) is 0 Å². The van der Waals surface area contributed by atoms with Gasteiger partial charge in [0.15, 0.2) is 5.60 Å². The molecule has 2 aliphatic rings. The lowest BCUT2D eigenvalue weighted by Crippen LogP contribution is -2.32. The van der Waals surface area contributed by atoms with Crippen molar-refractivity contribution in [1.29, 1.82) is 0 Å². The van der Waals surface area contributed by atoms with Crippen molar-refractivity contribution in [1.82, 2.24) is 4.90 Å². The first-order valence-corrected chi connectivity index (χ1v) is 6.67. The number of halogens is 1. The predicted molar refractivity (Wildman–Crippen MR) is 70.4 cm³/mol. The Morgan fingerprint density at radius 1 is 1.38 bits per heavy atom. The van der Waals surface area contributed by atoms with Gasteiger partial charge in [-0.1, -0.05) is 12.1 Å². The van der Waals surface area contributed by atoms with Gasteiger partial charge >= 0.3 is 0 Å². The SMILES string of the molecule is CC1(c2cccc(F)c2)OC(N2CCCC2=O)=C(O)C1=O. The average molecular weight is 291 g/mol. The molecule has 1 amide bonds. The minimum Gasteiger partial charge on any atom is -0.501 e. The highest BCUT2D eigenvalue weighted by Gasteiger charge is 2.50. The Balaban J connectivity index is 1.98. The van der Waals surface area contributed by atoms with Crippen molar-refractivity contribution in [2.45, 2.75) is 25.4 Å². The lowest BCUT2D eigenvalue weighted by Gasteiger charge is -2.26. The van der Waals surface area contributed by atoms with Crippen molar-refractivity contribution in [2.24, 2.45) is 0 Å². The predicted octanol–water partition coefficient (Wildman–Crippen LogP) is 1.99. The van der Waals surface area contributed by atoms with Gasteiger partial charge in [-0.3, -0.25) is 14.5 Å². The summed E-state index contributed by atoms with van der Waals surface area (Å²) >= 11 is 0. The monoisotopic (exact) mass is 291 g/mol. The zero-order chi connectivity index (χ0) is 15.2. The third-order valence-electron chi connectivity index (χ3n) is 3.85. The molecule has 2 heterocycles. The maximum atomic E-state index is 13.4. The maximum absolute atomic E-state index is 13.4. The number of ether oxygens (including phenoxy) is 1. The van der Waals surface area contributed by atoms with E-state index in [0.29, 0.717) is 24.9 Å². The number of benzene rings is 1. The molecule has 1 unspecified atom stereocenters. The van der Waals surface area contributed by atoms with Crippen LogP contribution in [0.4, 0.5) is 4.39 Å². The molecule has 0 aliphatic carbocycles. The van der Waals surface area contributed by atoms with Crippen LogP contribution in [0.25, 0.3) is 0 Å². The van der Waals surface area contributed by atoms with Crippen molar-refractivity contribution >= 4 is 11.7 Å². The summed E-state index contributed by atoms with van der Waals surface area (Å²) in [6.45, 7) is 1.85. The summed E-state index contributed by atoms with van der Waals surface area (Å²) in [5.41, 5.74) is -1.23. The molecule has 0 spiro atoms. The summed E-state index contributed by atoms with van der Waals surface area (Å²) in [4.78, 5) is 25.3. The van der Waals surface area contributed by atoms with E-state index in [9.17, 15) is 19.1 Å². The Bertz CT molecular complexity index is 669. The molecule has 1 aromatic rings. The number of aliphatic hydroxyl groups is 1. The van der Waals surface area contributed by atoms with Gasteiger partial charge in [0.2, 0.25) is 17.5 Å². The van der Waals surface area contributed by atoms with E-state index < -0.39 is 23.0 Å². The second-order valence-corrected chi connectivity index (χ2v) is 5.28. The molecule has 6 heteroatoms. The van der Waals surface area contributed by atoms with Crippen LogP contribution in [-0.4, -0.2) is 28.2 Å². The molecule has 1 saturated heterocycles. The Morgan fingerprint density at radius 2 is 2.14 bits per heavy atom. The van der Waals surface area contributed by atoms with E-state index in [0.717, 1.165) is 0 Å². The van der Waals surface area contributed by atoms with Gasteiger partial charge in [-0.05, 0) is 25.5 Å². The first-order chi connectivity index (χ1) is 9.93. The quantitative estimate of drug-likeness (QED) is 0.905. The summed E-state index contributed by atoms with van der Waals surface area (Å²) < 4.78 is 19.0. The number of carbonyl (C=O) groups is 2. The van der Waals surface area contributed by atoms with Gasteiger partial charge in [0.1, 0.15) is 5.82 Å². The molecule has 0 saturated carbocycles. The number of rotatable bonds is 2. The number of hydrogen-bond donors (Lipinski definition) is 1. The first-order valence-electron chi connectivity index (χ1n) is 6.67. The number of ketones is 1. The number of nitrogens with zero attached hydrogens (tertiary/aromatic N) is 1. The highest BCUT2D eigenvalue weighted by molar-refractivity contribution is 6.03. The minimum absolute atomic E-state index is 0.130. The number of aliphatic hydroxyl groups excluding tert-OH is 1. The van der Waals surface area contributed by atoms with Crippen LogP contribution >= 0.6 is 0 Å². The molecule has 0 aromatic heterocycles. The summed E-state index contributed by atoms with van der Waals surface area (Å²) in [6.07, 6.45) is 0.995. The molecule has 0 bridgehead atoms. The van der Waals surface area contributed by atoms with Gasteiger partial charge in [0.25, 0.3) is 5.78 Å². The van der Waals surface area contributed by atoms with Crippen LogP contribution in [0, 0.1) is 5.82 Å². The van der Waals surface area contributed by atoms with Gasteiger partial charge < -0.3 is 9.84 Å². The number of Topliss-reactive ketones (excluding diaryl/α,β-unsaturated/α-hetero) is 1. The molecule has 1 fully saturated rings. The van der Waals surface area contributed by atoms with Crippen LogP contribution in [0.5, 0.6) is 0 Å². The van der Waals surface area contributed by atoms with Crippen LogP contribution in [0.1, 0.15) is 25.3 Å². The molecule has 21 heavy (non-hydrogen) atoms. The number of carbonyl (C=O) groups excluding carboxylic acids is 2. The fraction of sp³-hybridized carbons (Fsp3) is 0.333. The Kier molecular flexibility index (Phi) is 2.97. The maximum Gasteiger partial charge on any atom is 0.250 e. The molecule has 2 aliphatic heterocycles. The summed E-state index contributed by atoms with van der Waals surface area (Å²) in [7, 11) is 0. The van der Waals surface area contributed by atoms with Crippen LogP contribution in [-0.2, 0) is 19.9 Å². The number of amides is 1. The van der Waals surface area contributed by atoms with Crippen molar-refractivity contribution < 1.29 is 23.8 Å². The molecular weight excluding hydrogens is 277 g/mol. The Morgan fingerprint density at radius 3 is 2.76 bits per heavy atom. The van der Waals surface area contributed by atoms with Gasteiger partial charge in [-0.25, -0.2) is 4.39 Å². The number of likely N-dealkylation sites (tertiary alicyclic amines) is 1. The van der Waals surface area contributed by atoms with E-state index in [2.05, 4.69) is 0 Å². The van der Waals surface area contributed by atoms with Crippen LogP contribution in [0.15, 0.2) is 35.9 Å². The van der Waals surface area contributed by atoms with Crippen LogP contribution in [0.3, 0.4) is 0 Å². The second-order valence-electron chi connectivity index (χ2n) is 5.28. The van der Waals surface area contributed by atoms with Crippen LogP contribution < -0.4 is 0 Å². The van der Waals surface area contributed by atoms with E-state index in [-0.39, 0.29) is 11.8 Å². The summed E-state index contributed by atoms with van der Waals surface area (Å²) in [6, 6.07) is 5.44. The topological polar surface area (TPSA) is 66.8 Å². The van der Waals surface area contributed by atoms with Crippen LogP contribution in [0.2, 0.25) is 0 Å². The van der Waals surface area contributed by atoms with Gasteiger partial charge in [-0.2, -0.15) is 0 Å². The fourth-order valence-electron chi connectivity index (χ4n) is 2.63. The van der Waals surface area contributed by atoms with Gasteiger partial charge in [-0.15, -0.1) is 0 Å². The number of hydrogen-bond acceptors (Lipinski definition) is 4. The molecule has 5 nitrogen and oxygen atoms in total. The van der Waals surface area contributed by atoms with E-state index in [4.69, 9.17) is 4.74 Å². The Hall–Kier alpha value is -2.37. The zero-order valence-corrected chi connectivity index (χ0v) is 11.4. The largest absolute Gasteiger partial charge is 0.501 e. The van der Waals surface area contributed by atoms with Crippen molar-refractivity contribution in [3.05, 3.63) is 47.3 Å². The molecular formula is C15H14FNO4. The third-order valence-corrected chi connectivity index (χ3v) is 3.85. The molecule has 1 atom stereocenters. The summed E-state index contributed by atoms with van der Waals surface area (Å²) in [5.74, 6) is -2.10. The van der Waals surface area contributed by atoms with Gasteiger partial charge in [0.05, 0.1) is 0 Å². The zero-order valence-electron chi connectivity index (χ0n) is 11.4. The third kappa shape index (κ3) is 1.98. The first kappa shape index (κ1) is 13.6. The average Bonchev–Trinajstić information content (AvgIpc) is 2.97. The lowest BCUT2D eigenvalue weighted by atomic mass is 9.91. The van der Waals surface area contributed by atoms with Crippen molar-refractivity contribution in [2.75, 3.05) is 6.54 Å². The fourth-order valence-corrected chi connectivity index (χ4v) is 2.63. The van der Waals surface area contributed by atoms with E-state index in [1.807, 2.05) is 0 Å². The minimum atomic E-state index is -1.52. The van der Waals surface area contributed by atoms with E-state index in [1.54, 1.807) is 6.07 Å². The highest BCUT2D eigenvalue weighted by Crippen LogP contribution is 2.40. The molecule has 0 radical (unpaired) electrons. The molecule has 1 N–H and O–H groups in total. The second kappa shape index (κ2) is 4.58. The highest BCUT2D eigenvalue weighted by atomic mass is 19.1. The van der Waals surface area contributed by atoms with Gasteiger partial charge in [0, 0.05) is 18.5 Å². The normalized spacial score (nSPS) is 25.7.